The highest BCUT2D eigenvalue weighted by Gasteiger charge is 2.65. The molecule has 0 bridgehead atoms. The maximum absolute atomic E-state index is 2.77. The number of fused-ring (bicyclic) bond motifs is 1. The summed E-state index contributed by atoms with van der Waals surface area (Å²) in [5, 5.41) is 0. The second-order valence-electron chi connectivity index (χ2n) is 6.99. The average Bonchev–Trinajstić information content (AvgIpc) is 2.92. The summed E-state index contributed by atoms with van der Waals surface area (Å²) in [5.41, 5.74) is 1.06. The summed E-state index contributed by atoms with van der Waals surface area (Å²) in [4.78, 5) is 5.38. The summed E-state index contributed by atoms with van der Waals surface area (Å²) in [6.45, 7) is 13.6. The van der Waals surface area contributed by atoms with Crippen molar-refractivity contribution in [3.63, 3.8) is 0 Å². The predicted molar refractivity (Wildman–Crippen MR) is 62.9 cm³/mol. The van der Waals surface area contributed by atoms with Crippen molar-refractivity contribution in [2.45, 2.75) is 58.2 Å². The summed E-state index contributed by atoms with van der Waals surface area (Å²) < 4.78 is 0. The van der Waals surface area contributed by atoms with E-state index in [0.29, 0.717) is 11.0 Å². The lowest BCUT2D eigenvalue weighted by Gasteiger charge is -2.37. The Morgan fingerprint density at radius 2 is 1.87 bits per heavy atom. The fourth-order valence-electron chi connectivity index (χ4n) is 3.97. The van der Waals surface area contributed by atoms with Gasteiger partial charge in [-0.05, 0) is 40.5 Å². The van der Waals surface area contributed by atoms with Crippen molar-refractivity contribution in [2.24, 2.45) is 5.41 Å². The lowest BCUT2D eigenvalue weighted by Crippen LogP contribution is -2.45. The molecule has 2 nitrogen and oxygen atoms in total. The third-order valence-electron chi connectivity index (χ3n) is 4.51. The van der Waals surface area contributed by atoms with Crippen LogP contribution in [0.3, 0.4) is 0 Å². The number of rotatable bonds is 2. The molecule has 0 amide bonds. The smallest absolute Gasteiger partial charge is 0.0179 e. The van der Waals surface area contributed by atoms with Crippen LogP contribution in [0.15, 0.2) is 0 Å². The van der Waals surface area contributed by atoms with E-state index in [1.807, 2.05) is 0 Å². The van der Waals surface area contributed by atoms with Crippen LogP contribution in [0.4, 0.5) is 0 Å². The molecule has 0 unspecified atom stereocenters. The Bertz CT molecular complexity index is 277. The molecule has 2 heterocycles. The first-order chi connectivity index (χ1) is 6.92. The minimum absolute atomic E-state index is 0.362. The summed E-state index contributed by atoms with van der Waals surface area (Å²) >= 11 is 0. The van der Waals surface area contributed by atoms with E-state index in [2.05, 4.69) is 37.5 Å². The Morgan fingerprint density at radius 1 is 1.20 bits per heavy atom. The van der Waals surface area contributed by atoms with Crippen molar-refractivity contribution < 1.29 is 0 Å². The van der Waals surface area contributed by atoms with E-state index >= 15 is 0 Å². The van der Waals surface area contributed by atoms with E-state index in [9.17, 15) is 0 Å². The largest absolute Gasteiger partial charge is 0.300 e. The van der Waals surface area contributed by atoms with Crippen molar-refractivity contribution >= 4 is 0 Å². The highest BCUT2D eigenvalue weighted by molar-refractivity contribution is 5.19. The molecule has 3 atom stereocenters. The summed E-state index contributed by atoms with van der Waals surface area (Å²) in [6.07, 6.45) is 2.90. The van der Waals surface area contributed by atoms with Crippen LogP contribution in [0.5, 0.6) is 0 Å². The fourth-order valence-corrected chi connectivity index (χ4v) is 3.97. The van der Waals surface area contributed by atoms with Gasteiger partial charge in [0.1, 0.15) is 0 Å². The molecule has 3 rings (SSSR count). The topological polar surface area (TPSA) is 6.25 Å². The first kappa shape index (κ1) is 10.1. The van der Waals surface area contributed by atoms with Gasteiger partial charge in [0.15, 0.2) is 0 Å². The van der Waals surface area contributed by atoms with E-state index < -0.39 is 0 Å². The lowest BCUT2D eigenvalue weighted by atomic mass is 9.99. The Kier molecular flexibility index (Phi) is 1.87. The van der Waals surface area contributed by atoms with Crippen LogP contribution in [0.2, 0.25) is 0 Å². The number of likely N-dealkylation sites (tertiary alicyclic amines) is 1. The molecule has 0 radical (unpaired) electrons. The first-order valence-corrected chi connectivity index (χ1v) is 6.43. The maximum Gasteiger partial charge on any atom is 0.0179 e. The van der Waals surface area contributed by atoms with Crippen molar-refractivity contribution in [3.8, 4) is 0 Å². The van der Waals surface area contributed by atoms with Crippen LogP contribution in [0.1, 0.15) is 40.5 Å². The Balaban J connectivity index is 1.74. The molecule has 2 saturated heterocycles. The van der Waals surface area contributed by atoms with Crippen molar-refractivity contribution in [1.29, 1.82) is 0 Å². The Morgan fingerprint density at radius 3 is 2.33 bits per heavy atom. The van der Waals surface area contributed by atoms with Crippen LogP contribution < -0.4 is 0 Å². The SMILES string of the molecule is C[C@@H]1C[C@@]2(CN3CC3)C[C@H]2N1C(C)(C)C. The number of hydrogen-bond donors (Lipinski definition) is 0. The van der Waals surface area contributed by atoms with Gasteiger partial charge in [-0.25, -0.2) is 0 Å². The molecule has 1 aliphatic carbocycles. The molecule has 3 aliphatic rings. The third-order valence-corrected chi connectivity index (χ3v) is 4.51. The van der Waals surface area contributed by atoms with Gasteiger partial charge >= 0.3 is 0 Å². The highest BCUT2D eigenvalue weighted by atomic mass is 15.3. The van der Waals surface area contributed by atoms with Crippen LogP contribution in [0, 0.1) is 5.41 Å². The molecule has 1 saturated carbocycles. The lowest BCUT2D eigenvalue weighted by molar-refractivity contribution is 0.104. The fraction of sp³-hybridized carbons (Fsp3) is 1.00. The van der Waals surface area contributed by atoms with Gasteiger partial charge in [0.25, 0.3) is 0 Å². The zero-order chi connectivity index (χ0) is 10.8. The van der Waals surface area contributed by atoms with Crippen molar-refractivity contribution in [3.05, 3.63) is 0 Å². The third kappa shape index (κ3) is 1.53. The molecule has 0 aromatic heterocycles. The molecule has 0 aromatic carbocycles. The van der Waals surface area contributed by atoms with Crippen LogP contribution in [-0.2, 0) is 0 Å². The second-order valence-corrected chi connectivity index (χ2v) is 6.99. The number of nitrogens with zero attached hydrogens (tertiary/aromatic N) is 2. The predicted octanol–water partition coefficient (Wildman–Crippen LogP) is 1.95. The van der Waals surface area contributed by atoms with E-state index in [-0.39, 0.29) is 0 Å². The molecule has 2 heteroatoms. The van der Waals surface area contributed by atoms with Gasteiger partial charge in [-0.1, -0.05) is 0 Å². The molecule has 0 N–H and O–H groups in total. The van der Waals surface area contributed by atoms with Crippen LogP contribution in [-0.4, -0.2) is 47.1 Å². The normalized spacial score (nSPS) is 45.6. The second kappa shape index (κ2) is 2.78. The minimum Gasteiger partial charge on any atom is -0.300 e. The zero-order valence-electron chi connectivity index (χ0n) is 10.6. The molecule has 0 spiro atoms. The Hall–Kier alpha value is -0.0800. The quantitative estimate of drug-likeness (QED) is 0.640. The number of piperidine rings is 1. The van der Waals surface area contributed by atoms with Crippen molar-refractivity contribution in [1.82, 2.24) is 9.80 Å². The van der Waals surface area contributed by atoms with Gasteiger partial charge in [0.05, 0.1) is 0 Å². The van der Waals surface area contributed by atoms with E-state index in [1.54, 1.807) is 0 Å². The van der Waals surface area contributed by atoms with Gasteiger partial charge in [0, 0.05) is 42.7 Å². The number of hydrogen-bond acceptors (Lipinski definition) is 2. The maximum atomic E-state index is 2.77. The van der Waals surface area contributed by atoms with Crippen LogP contribution >= 0.6 is 0 Å². The molecule has 15 heavy (non-hydrogen) atoms. The molecule has 86 valence electrons. The van der Waals surface area contributed by atoms with Gasteiger partial charge in [-0.2, -0.15) is 0 Å². The van der Waals surface area contributed by atoms with Gasteiger partial charge in [-0.15, -0.1) is 0 Å². The summed E-state index contributed by atoms with van der Waals surface area (Å²) in [5.74, 6) is 0. The molecule has 2 aliphatic heterocycles. The zero-order valence-corrected chi connectivity index (χ0v) is 10.6. The van der Waals surface area contributed by atoms with Crippen LogP contribution in [0.25, 0.3) is 0 Å². The minimum atomic E-state index is 0.362. The summed E-state index contributed by atoms with van der Waals surface area (Å²) in [7, 11) is 0. The first-order valence-electron chi connectivity index (χ1n) is 6.43. The van der Waals surface area contributed by atoms with Gasteiger partial charge < -0.3 is 4.90 Å². The Labute approximate surface area is 93.6 Å². The summed E-state index contributed by atoms with van der Waals surface area (Å²) in [6, 6.07) is 1.69. The van der Waals surface area contributed by atoms with E-state index in [0.717, 1.165) is 12.1 Å². The standard InChI is InChI=1S/C13H24N2/c1-10-7-13(9-14-5-6-14)8-11(13)15(10)12(2,3)4/h10-11H,5-9H2,1-4H3/t10-,11-,13+/m1/s1. The van der Waals surface area contributed by atoms with Gasteiger partial charge in [0.2, 0.25) is 0 Å². The molecular weight excluding hydrogens is 184 g/mol. The van der Waals surface area contributed by atoms with Gasteiger partial charge in [-0.3, -0.25) is 4.90 Å². The van der Waals surface area contributed by atoms with E-state index in [1.165, 1.54) is 32.5 Å². The average molecular weight is 208 g/mol. The molecular formula is C13H24N2. The van der Waals surface area contributed by atoms with E-state index in [4.69, 9.17) is 0 Å². The van der Waals surface area contributed by atoms with Crippen molar-refractivity contribution in [2.75, 3.05) is 19.6 Å². The molecule has 0 aromatic rings. The highest BCUT2D eigenvalue weighted by Crippen LogP contribution is 2.61. The molecule has 3 fully saturated rings. The monoisotopic (exact) mass is 208 g/mol.